The lowest BCUT2D eigenvalue weighted by Gasteiger charge is -2.28. The third-order valence-corrected chi connectivity index (χ3v) is 4.03. The lowest BCUT2D eigenvalue weighted by atomic mass is 10.3. The summed E-state index contributed by atoms with van der Waals surface area (Å²) in [4.78, 5) is 23.3. The van der Waals surface area contributed by atoms with E-state index in [1.807, 2.05) is 19.1 Å². The third kappa shape index (κ3) is 2.50. The van der Waals surface area contributed by atoms with Gasteiger partial charge in [0.1, 0.15) is 5.52 Å². The Labute approximate surface area is 133 Å². The molecule has 0 aromatic carbocycles. The van der Waals surface area contributed by atoms with Crippen molar-refractivity contribution in [3.8, 4) is 0 Å². The Balaban J connectivity index is 2.25. The molecule has 0 amide bonds. The van der Waals surface area contributed by atoms with Gasteiger partial charge in [-0.05, 0) is 18.5 Å². The monoisotopic (exact) mass is 322 g/mol. The van der Waals surface area contributed by atoms with Gasteiger partial charge in [0.2, 0.25) is 5.28 Å². The number of fused-ring (bicyclic) bond motifs is 1. The van der Waals surface area contributed by atoms with Crippen LogP contribution in [0, 0.1) is 0 Å². The van der Waals surface area contributed by atoms with Gasteiger partial charge in [-0.25, -0.2) is 4.79 Å². The van der Waals surface area contributed by atoms with Crippen LogP contribution in [0.2, 0.25) is 5.28 Å². The van der Waals surface area contributed by atoms with Gasteiger partial charge < -0.3 is 10.2 Å². The fourth-order valence-electron chi connectivity index (χ4n) is 2.73. The number of nitrogens with zero attached hydrogens (tertiary/aromatic N) is 5. The van der Waals surface area contributed by atoms with Crippen LogP contribution < -0.4 is 15.9 Å². The van der Waals surface area contributed by atoms with E-state index in [1.54, 1.807) is 11.6 Å². The number of hydrogen-bond donors (Lipinski definition) is 1. The van der Waals surface area contributed by atoms with Crippen molar-refractivity contribution in [1.29, 1.82) is 0 Å². The largest absolute Gasteiger partial charge is 0.352 e. The van der Waals surface area contributed by atoms with Gasteiger partial charge in [0.15, 0.2) is 11.5 Å². The van der Waals surface area contributed by atoms with Crippen molar-refractivity contribution in [2.75, 3.05) is 31.1 Å². The third-order valence-electron chi connectivity index (χ3n) is 3.87. The first-order valence-corrected chi connectivity index (χ1v) is 7.71. The molecule has 118 valence electrons. The van der Waals surface area contributed by atoms with E-state index in [-0.39, 0.29) is 11.0 Å². The number of allylic oxidation sites excluding steroid dienone is 2. The van der Waals surface area contributed by atoms with Gasteiger partial charge in [-0.3, -0.25) is 9.13 Å². The average Bonchev–Trinajstić information content (AvgIpc) is 2.77. The summed E-state index contributed by atoms with van der Waals surface area (Å²) in [6, 6.07) is 0. The Hall–Kier alpha value is -1.86. The fourth-order valence-corrected chi connectivity index (χ4v) is 2.89. The average molecular weight is 323 g/mol. The van der Waals surface area contributed by atoms with Crippen molar-refractivity contribution in [1.82, 2.24) is 24.4 Å². The highest BCUT2D eigenvalue weighted by Gasteiger charge is 2.22. The summed E-state index contributed by atoms with van der Waals surface area (Å²) in [5, 5.41) is 3.48. The number of imidazole rings is 1. The maximum atomic E-state index is 12.5. The predicted molar refractivity (Wildman–Crippen MR) is 87.7 cm³/mol. The summed E-state index contributed by atoms with van der Waals surface area (Å²) in [7, 11) is 1.71. The topological polar surface area (TPSA) is 68.0 Å². The van der Waals surface area contributed by atoms with Gasteiger partial charge in [0.05, 0.1) is 0 Å². The zero-order valence-electron chi connectivity index (χ0n) is 12.7. The summed E-state index contributed by atoms with van der Waals surface area (Å²) in [6.07, 6.45) is 3.86. The number of halogens is 1. The first-order valence-electron chi connectivity index (χ1n) is 7.33. The number of aromatic nitrogens is 4. The van der Waals surface area contributed by atoms with Gasteiger partial charge in [-0.2, -0.15) is 9.97 Å². The molecular formula is C14H19ClN6O. The van der Waals surface area contributed by atoms with E-state index < -0.39 is 0 Å². The molecule has 22 heavy (non-hydrogen) atoms. The fraction of sp³-hybridized carbons (Fsp3) is 0.500. The SMILES string of the molecule is CC=CCn1c(=O)n(C)c2nc(Cl)nc(N3CCNCC3)c21. The first-order chi connectivity index (χ1) is 10.6. The molecule has 0 radical (unpaired) electrons. The molecule has 3 rings (SSSR count). The molecule has 1 aliphatic rings. The van der Waals surface area contributed by atoms with Crippen molar-refractivity contribution >= 4 is 28.6 Å². The number of hydrogen-bond acceptors (Lipinski definition) is 5. The molecule has 1 aliphatic heterocycles. The lowest BCUT2D eigenvalue weighted by molar-refractivity contribution is 0.585. The zero-order chi connectivity index (χ0) is 15.7. The minimum atomic E-state index is -0.110. The molecule has 8 heteroatoms. The van der Waals surface area contributed by atoms with E-state index in [2.05, 4.69) is 20.2 Å². The summed E-state index contributed by atoms with van der Waals surface area (Å²) in [6.45, 7) is 5.85. The van der Waals surface area contributed by atoms with Crippen LogP contribution in [-0.2, 0) is 13.6 Å². The molecule has 0 spiro atoms. The van der Waals surface area contributed by atoms with E-state index in [0.717, 1.165) is 37.5 Å². The molecule has 1 saturated heterocycles. The number of rotatable bonds is 3. The Morgan fingerprint density at radius 1 is 1.32 bits per heavy atom. The summed E-state index contributed by atoms with van der Waals surface area (Å²) >= 11 is 6.08. The van der Waals surface area contributed by atoms with Crippen LogP contribution in [0.15, 0.2) is 16.9 Å². The van der Waals surface area contributed by atoms with E-state index >= 15 is 0 Å². The van der Waals surface area contributed by atoms with E-state index in [9.17, 15) is 4.79 Å². The Bertz CT molecular complexity index is 772. The van der Waals surface area contributed by atoms with Gasteiger partial charge in [0.25, 0.3) is 0 Å². The maximum absolute atomic E-state index is 12.5. The normalized spacial score (nSPS) is 16.0. The van der Waals surface area contributed by atoms with Gasteiger partial charge in [-0.1, -0.05) is 12.2 Å². The predicted octanol–water partition coefficient (Wildman–Crippen LogP) is 0.769. The number of nitrogens with one attached hydrogen (secondary N) is 1. The van der Waals surface area contributed by atoms with Crippen LogP contribution in [0.4, 0.5) is 5.82 Å². The maximum Gasteiger partial charge on any atom is 0.330 e. The van der Waals surface area contributed by atoms with Crippen LogP contribution in [0.25, 0.3) is 11.2 Å². The van der Waals surface area contributed by atoms with Crippen molar-refractivity contribution < 1.29 is 0 Å². The molecule has 0 aliphatic carbocycles. The summed E-state index contributed by atoms with van der Waals surface area (Å²) in [5.41, 5.74) is 1.21. The van der Waals surface area contributed by atoms with Gasteiger partial charge in [0, 0.05) is 39.8 Å². The molecule has 0 unspecified atom stereocenters. The molecule has 7 nitrogen and oxygen atoms in total. The van der Waals surface area contributed by atoms with Crippen LogP contribution in [0.1, 0.15) is 6.92 Å². The van der Waals surface area contributed by atoms with Crippen molar-refractivity contribution in [2.45, 2.75) is 13.5 Å². The van der Waals surface area contributed by atoms with E-state index in [4.69, 9.17) is 11.6 Å². The smallest absolute Gasteiger partial charge is 0.330 e. The van der Waals surface area contributed by atoms with Crippen molar-refractivity contribution in [2.24, 2.45) is 7.05 Å². The molecule has 0 bridgehead atoms. The number of anilines is 1. The second kappa shape index (κ2) is 6.10. The molecule has 0 saturated carbocycles. The highest BCUT2D eigenvalue weighted by atomic mass is 35.5. The zero-order valence-corrected chi connectivity index (χ0v) is 13.5. The van der Waals surface area contributed by atoms with E-state index in [0.29, 0.717) is 12.2 Å². The highest BCUT2D eigenvalue weighted by molar-refractivity contribution is 6.28. The Kier molecular flexibility index (Phi) is 4.17. The summed E-state index contributed by atoms with van der Waals surface area (Å²) in [5.74, 6) is 0.735. The van der Waals surface area contributed by atoms with Crippen LogP contribution in [0.3, 0.4) is 0 Å². The number of aryl methyl sites for hydroxylation is 1. The Morgan fingerprint density at radius 3 is 2.73 bits per heavy atom. The van der Waals surface area contributed by atoms with Crippen molar-refractivity contribution in [3.05, 3.63) is 27.9 Å². The van der Waals surface area contributed by atoms with Crippen LogP contribution in [-0.4, -0.2) is 45.3 Å². The van der Waals surface area contributed by atoms with Gasteiger partial charge >= 0.3 is 5.69 Å². The lowest BCUT2D eigenvalue weighted by Crippen LogP contribution is -2.44. The van der Waals surface area contributed by atoms with Gasteiger partial charge in [-0.15, -0.1) is 0 Å². The Morgan fingerprint density at radius 2 is 2.05 bits per heavy atom. The van der Waals surface area contributed by atoms with Crippen LogP contribution in [0.5, 0.6) is 0 Å². The molecule has 3 heterocycles. The minimum Gasteiger partial charge on any atom is -0.352 e. The minimum absolute atomic E-state index is 0.110. The molecule has 1 fully saturated rings. The molecule has 2 aromatic heterocycles. The first kappa shape index (κ1) is 15.1. The second-order valence-corrected chi connectivity index (χ2v) is 5.58. The number of piperazine rings is 1. The molecule has 1 N–H and O–H groups in total. The van der Waals surface area contributed by atoms with Crippen molar-refractivity contribution in [3.63, 3.8) is 0 Å². The summed E-state index contributed by atoms with van der Waals surface area (Å²) < 4.78 is 3.22. The molecular weight excluding hydrogens is 304 g/mol. The quantitative estimate of drug-likeness (QED) is 0.668. The second-order valence-electron chi connectivity index (χ2n) is 5.25. The molecule has 0 atom stereocenters. The highest BCUT2D eigenvalue weighted by Crippen LogP contribution is 2.25. The molecule has 2 aromatic rings. The van der Waals surface area contributed by atoms with Crippen LogP contribution >= 0.6 is 11.6 Å². The van der Waals surface area contributed by atoms with E-state index in [1.165, 1.54) is 4.57 Å². The standard InChI is InChI=1S/C14H19ClN6O/c1-3-4-7-21-10-11(19(2)14(21)22)17-13(15)18-12(10)20-8-5-16-6-9-20/h3-4,16H,5-9H2,1-2H3.